The van der Waals surface area contributed by atoms with Gasteiger partial charge in [-0.1, -0.05) is 6.07 Å². The van der Waals surface area contributed by atoms with Crippen LogP contribution in [0.2, 0.25) is 0 Å². The Kier molecular flexibility index (Phi) is 10.8. The summed E-state index contributed by atoms with van der Waals surface area (Å²) >= 11 is 0. The van der Waals surface area contributed by atoms with E-state index in [4.69, 9.17) is 47.4 Å². The van der Waals surface area contributed by atoms with Gasteiger partial charge in [0, 0.05) is 23.5 Å². The van der Waals surface area contributed by atoms with E-state index in [1.807, 2.05) is 0 Å². The lowest BCUT2D eigenvalue weighted by molar-refractivity contribution is -0.385. The first-order valence-corrected chi connectivity index (χ1v) is 17.8. The Labute approximate surface area is 332 Å². The summed E-state index contributed by atoms with van der Waals surface area (Å²) < 4.78 is 56.3. The molecule has 1 aliphatic carbocycles. The minimum Gasteiger partial charge on any atom is -0.493 e. The van der Waals surface area contributed by atoms with E-state index < -0.39 is 40.7 Å². The van der Waals surface area contributed by atoms with E-state index in [0.29, 0.717) is 33.9 Å². The third kappa shape index (κ3) is 6.62. The molecule has 0 saturated carbocycles. The summed E-state index contributed by atoms with van der Waals surface area (Å²) in [5.41, 5.74) is 1.54. The van der Waals surface area contributed by atoms with Crippen LogP contribution in [-0.2, 0) is 14.3 Å². The SMILES string of the molecule is COc1ccc(/C=C(/C(=O)Nc2c3c(cc4c2[C@@H](c2cc(OC)c(OC)c(OC)c2)[C@H]2C(=O)OC[C@@H]2[C@H]4O)OCO3)c2cc(OC)c(OC)c(OC)c2)cc1[N+](=O)[O-]. The smallest absolute Gasteiger partial charge is 0.311 e. The Morgan fingerprint density at radius 3 is 1.98 bits per heavy atom. The predicted molar refractivity (Wildman–Crippen MR) is 206 cm³/mol. The van der Waals surface area contributed by atoms with Gasteiger partial charge in [-0.2, -0.15) is 0 Å². The molecule has 2 aliphatic heterocycles. The Morgan fingerprint density at radius 1 is 0.810 bits per heavy atom. The molecule has 17 heteroatoms. The molecule has 2 heterocycles. The van der Waals surface area contributed by atoms with E-state index >= 15 is 4.79 Å². The number of nitro benzene ring substituents is 1. The summed E-state index contributed by atoms with van der Waals surface area (Å²) in [5, 5.41) is 26.9. The van der Waals surface area contributed by atoms with E-state index in [9.17, 15) is 20.0 Å². The molecule has 7 rings (SSSR count). The van der Waals surface area contributed by atoms with Crippen LogP contribution < -0.4 is 47.9 Å². The van der Waals surface area contributed by atoms with Crippen LogP contribution in [0.15, 0.2) is 48.5 Å². The highest BCUT2D eigenvalue weighted by molar-refractivity contribution is 6.30. The third-order valence-electron chi connectivity index (χ3n) is 10.5. The fourth-order valence-electron chi connectivity index (χ4n) is 7.87. The monoisotopic (exact) mass is 800 g/mol. The lowest BCUT2D eigenvalue weighted by Crippen LogP contribution is -2.35. The number of cyclic esters (lactones) is 1. The Balaban J connectivity index is 1.47. The van der Waals surface area contributed by atoms with Crippen LogP contribution in [0.5, 0.6) is 51.7 Å². The van der Waals surface area contributed by atoms with Gasteiger partial charge in [0.25, 0.3) is 5.91 Å². The first-order chi connectivity index (χ1) is 28.0. The number of amides is 1. The number of rotatable bonds is 13. The van der Waals surface area contributed by atoms with Crippen molar-refractivity contribution in [3.05, 3.63) is 86.5 Å². The number of aliphatic hydroxyl groups is 1. The van der Waals surface area contributed by atoms with E-state index in [2.05, 4.69) is 5.32 Å². The molecule has 3 aliphatic rings. The van der Waals surface area contributed by atoms with Crippen molar-refractivity contribution in [3.63, 3.8) is 0 Å². The molecule has 1 amide bonds. The Hall–Kier alpha value is -6.88. The second-order valence-corrected chi connectivity index (χ2v) is 13.3. The molecule has 4 aromatic carbocycles. The summed E-state index contributed by atoms with van der Waals surface area (Å²) in [7, 11) is 9.98. The molecule has 0 radical (unpaired) electrons. The largest absolute Gasteiger partial charge is 0.493 e. The summed E-state index contributed by atoms with van der Waals surface area (Å²) in [4.78, 5) is 40.1. The molecular formula is C41H40N2O15. The highest BCUT2D eigenvalue weighted by atomic mass is 16.7. The van der Waals surface area contributed by atoms with Crippen LogP contribution in [0.4, 0.5) is 11.4 Å². The molecule has 4 atom stereocenters. The van der Waals surface area contributed by atoms with Gasteiger partial charge in [0.1, 0.15) is 0 Å². The molecule has 0 bridgehead atoms. The number of methoxy groups -OCH3 is 7. The number of hydrogen-bond acceptors (Lipinski definition) is 15. The number of ether oxygens (including phenoxy) is 10. The van der Waals surface area contributed by atoms with Crippen molar-refractivity contribution in [2.75, 3.05) is 68.5 Å². The molecule has 0 unspecified atom stereocenters. The lowest BCUT2D eigenvalue weighted by Gasteiger charge is -2.38. The lowest BCUT2D eigenvalue weighted by atomic mass is 9.65. The van der Waals surface area contributed by atoms with Gasteiger partial charge in [0.15, 0.2) is 40.2 Å². The summed E-state index contributed by atoms with van der Waals surface area (Å²) in [5.74, 6) is -1.71. The van der Waals surface area contributed by atoms with Crippen molar-refractivity contribution in [3.8, 4) is 51.7 Å². The van der Waals surface area contributed by atoms with Gasteiger partial charge in [-0.05, 0) is 70.3 Å². The Bertz CT molecular complexity index is 2290. The van der Waals surface area contributed by atoms with Crippen LogP contribution >= 0.6 is 0 Å². The molecule has 1 saturated heterocycles. The average Bonchev–Trinajstić information content (AvgIpc) is 3.88. The van der Waals surface area contributed by atoms with E-state index in [0.717, 1.165) is 0 Å². The number of nitro groups is 1. The van der Waals surface area contributed by atoms with Gasteiger partial charge >= 0.3 is 11.7 Å². The number of carbonyl (C=O) groups is 2. The standard InChI is InChI=1S/C41H40N2O15/c1-49-26-9-8-19(11-25(26)43(47)48)10-22(20-12-27(50-2)37(54-6)28(13-20)51-3)40(45)42-35-33-23(16-31-39(35)58-18-57-31)36(44)24-17-56-41(46)34(24)32(33)21-14-29(52-4)38(55-7)30(15-21)53-5/h8-16,24,32,34,36,44H,17-18H2,1-7H3,(H,42,45)/b22-10+/t24-,32+,34-,36-/m0/s1. The maximum atomic E-state index is 15.0. The van der Waals surface area contributed by atoms with Crippen LogP contribution in [0.1, 0.15) is 39.8 Å². The topological polar surface area (TPSA) is 202 Å². The minimum atomic E-state index is -1.22. The molecule has 0 aromatic heterocycles. The van der Waals surface area contributed by atoms with Crippen molar-refractivity contribution in [2.24, 2.45) is 11.8 Å². The minimum absolute atomic E-state index is 0.0113. The number of hydrogen-bond donors (Lipinski definition) is 2. The van der Waals surface area contributed by atoms with Crippen LogP contribution in [0.25, 0.3) is 11.6 Å². The number of nitrogens with zero attached hydrogens (tertiary/aromatic N) is 1. The summed E-state index contributed by atoms with van der Waals surface area (Å²) in [6.45, 7) is -0.255. The Morgan fingerprint density at radius 2 is 1.41 bits per heavy atom. The van der Waals surface area contributed by atoms with E-state index in [1.54, 1.807) is 36.4 Å². The molecule has 1 fully saturated rings. The molecular weight excluding hydrogens is 760 g/mol. The number of fused-ring (bicyclic) bond motifs is 3. The van der Waals surface area contributed by atoms with E-state index in [1.165, 1.54) is 68.0 Å². The van der Waals surface area contributed by atoms with Gasteiger partial charge in [0.05, 0.1) is 79.0 Å². The predicted octanol–water partition coefficient (Wildman–Crippen LogP) is 5.53. The quantitative estimate of drug-likeness (QED) is 0.0561. The van der Waals surface area contributed by atoms with Crippen LogP contribution in [-0.4, -0.2) is 85.1 Å². The van der Waals surface area contributed by atoms with Crippen molar-refractivity contribution in [1.29, 1.82) is 0 Å². The number of aliphatic hydroxyl groups excluding tert-OH is 1. The summed E-state index contributed by atoms with van der Waals surface area (Å²) in [6.07, 6.45) is 0.227. The van der Waals surface area contributed by atoms with Crippen molar-refractivity contribution in [1.82, 2.24) is 0 Å². The fraction of sp³-hybridized carbons (Fsp3) is 0.317. The molecule has 0 spiro atoms. The van der Waals surface area contributed by atoms with Gasteiger partial charge in [-0.15, -0.1) is 0 Å². The number of anilines is 1. The van der Waals surface area contributed by atoms with Crippen molar-refractivity contribution < 1.29 is 67.0 Å². The zero-order valence-electron chi connectivity index (χ0n) is 32.5. The average molecular weight is 801 g/mol. The number of esters is 1. The fourth-order valence-corrected chi connectivity index (χ4v) is 7.87. The highest BCUT2D eigenvalue weighted by Gasteiger charge is 2.53. The van der Waals surface area contributed by atoms with Gasteiger partial charge in [-0.3, -0.25) is 19.7 Å². The third-order valence-corrected chi connectivity index (χ3v) is 10.5. The van der Waals surface area contributed by atoms with Crippen LogP contribution in [0.3, 0.4) is 0 Å². The normalized spacial score (nSPS) is 19.0. The highest BCUT2D eigenvalue weighted by Crippen LogP contribution is 2.59. The molecule has 304 valence electrons. The zero-order valence-corrected chi connectivity index (χ0v) is 32.5. The van der Waals surface area contributed by atoms with Gasteiger partial charge < -0.3 is 57.8 Å². The molecule has 4 aromatic rings. The van der Waals surface area contributed by atoms with Crippen molar-refractivity contribution >= 4 is 34.9 Å². The molecule has 58 heavy (non-hydrogen) atoms. The second kappa shape index (κ2) is 15.9. The van der Waals surface area contributed by atoms with E-state index in [-0.39, 0.29) is 76.0 Å². The van der Waals surface area contributed by atoms with Crippen molar-refractivity contribution in [2.45, 2.75) is 12.0 Å². The maximum absolute atomic E-state index is 15.0. The maximum Gasteiger partial charge on any atom is 0.311 e. The molecule has 17 nitrogen and oxygen atoms in total. The molecule has 2 N–H and O–H groups in total. The first-order valence-electron chi connectivity index (χ1n) is 17.8. The van der Waals surface area contributed by atoms with Crippen LogP contribution in [0, 0.1) is 22.0 Å². The summed E-state index contributed by atoms with van der Waals surface area (Å²) in [6, 6.07) is 12.4. The number of carbonyl (C=O) groups excluding carboxylic acids is 2. The van der Waals surface area contributed by atoms with Gasteiger partial charge in [-0.25, -0.2) is 0 Å². The number of nitrogens with one attached hydrogen (secondary N) is 1. The first kappa shape index (κ1) is 39.4. The second-order valence-electron chi connectivity index (χ2n) is 13.3. The zero-order chi connectivity index (χ0) is 41.4. The van der Waals surface area contributed by atoms with Gasteiger partial charge in [0.2, 0.25) is 18.3 Å². The number of benzene rings is 4.